The van der Waals surface area contributed by atoms with Crippen LogP contribution in [0.5, 0.6) is 5.75 Å². The second kappa shape index (κ2) is 5.68. The van der Waals surface area contributed by atoms with E-state index in [9.17, 15) is 13.2 Å². The van der Waals surface area contributed by atoms with Crippen LogP contribution in [0.4, 0.5) is 18.9 Å². The molecule has 112 valence electrons. The van der Waals surface area contributed by atoms with Crippen molar-refractivity contribution in [2.75, 3.05) is 5.73 Å². The summed E-state index contributed by atoms with van der Waals surface area (Å²) in [5.41, 5.74) is 7.49. The molecule has 2 nitrogen and oxygen atoms in total. The number of anilines is 1. The van der Waals surface area contributed by atoms with Gasteiger partial charge in [-0.1, -0.05) is 18.2 Å². The predicted molar refractivity (Wildman–Crippen MR) is 76.1 cm³/mol. The lowest BCUT2D eigenvalue weighted by Gasteiger charge is -2.16. The van der Waals surface area contributed by atoms with E-state index in [0.717, 1.165) is 22.8 Å². The molecule has 0 radical (unpaired) electrons. The van der Waals surface area contributed by atoms with Crippen molar-refractivity contribution in [1.29, 1.82) is 0 Å². The number of nitrogens with two attached hydrogens (primary N) is 1. The van der Waals surface area contributed by atoms with Gasteiger partial charge in [0.25, 0.3) is 0 Å². The summed E-state index contributed by atoms with van der Waals surface area (Å²) in [5.74, 6) is -0.209. The smallest absolute Gasteiger partial charge is 0.420 e. The monoisotopic (exact) mass is 295 g/mol. The highest BCUT2D eigenvalue weighted by atomic mass is 19.4. The van der Waals surface area contributed by atoms with Crippen molar-refractivity contribution in [3.05, 3.63) is 58.7 Å². The SMILES string of the molecule is Cc1cccc(C)c1COc1ccc(N)cc1C(F)(F)F. The van der Waals surface area contributed by atoms with Crippen LogP contribution >= 0.6 is 0 Å². The van der Waals surface area contributed by atoms with Crippen LogP contribution in [-0.4, -0.2) is 0 Å². The first kappa shape index (κ1) is 15.2. The van der Waals surface area contributed by atoms with E-state index in [1.54, 1.807) is 0 Å². The fourth-order valence-corrected chi connectivity index (χ4v) is 2.12. The molecular formula is C16H16F3NO. The molecule has 0 aliphatic heterocycles. The fraction of sp³-hybridized carbons (Fsp3) is 0.250. The Morgan fingerprint density at radius 3 is 2.24 bits per heavy atom. The second-order valence-electron chi connectivity index (χ2n) is 4.91. The minimum atomic E-state index is -4.49. The Kier molecular flexibility index (Phi) is 4.11. The van der Waals surface area contributed by atoms with Crippen molar-refractivity contribution in [3.63, 3.8) is 0 Å². The number of benzene rings is 2. The molecule has 2 N–H and O–H groups in total. The van der Waals surface area contributed by atoms with E-state index >= 15 is 0 Å². The van der Waals surface area contributed by atoms with Gasteiger partial charge in [-0.25, -0.2) is 0 Å². The third-order valence-corrected chi connectivity index (χ3v) is 3.33. The Morgan fingerprint density at radius 2 is 1.67 bits per heavy atom. The molecule has 0 atom stereocenters. The van der Waals surface area contributed by atoms with Crippen LogP contribution in [0.3, 0.4) is 0 Å². The third kappa shape index (κ3) is 3.48. The highest BCUT2D eigenvalue weighted by molar-refractivity contribution is 5.49. The van der Waals surface area contributed by atoms with Gasteiger partial charge in [-0.05, 0) is 48.7 Å². The molecular weight excluding hydrogens is 279 g/mol. The first-order valence-corrected chi connectivity index (χ1v) is 6.43. The summed E-state index contributed by atoms with van der Waals surface area (Å²) >= 11 is 0. The van der Waals surface area contributed by atoms with E-state index in [1.165, 1.54) is 12.1 Å². The largest absolute Gasteiger partial charge is 0.488 e. The minimum Gasteiger partial charge on any atom is -0.488 e. The Labute approximate surface area is 121 Å². The standard InChI is InChI=1S/C16H16F3NO/c1-10-4-3-5-11(2)13(10)9-21-15-7-6-12(20)8-14(15)16(17,18)19/h3-8H,9,20H2,1-2H3. The molecule has 2 aromatic rings. The molecule has 0 spiro atoms. The zero-order valence-corrected chi connectivity index (χ0v) is 11.8. The van der Waals surface area contributed by atoms with Crippen molar-refractivity contribution in [3.8, 4) is 5.75 Å². The molecule has 2 aromatic carbocycles. The molecule has 2 rings (SSSR count). The van der Waals surface area contributed by atoms with E-state index in [2.05, 4.69) is 0 Å². The summed E-state index contributed by atoms with van der Waals surface area (Å²) in [6.45, 7) is 3.89. The molecule has 0 saturated heterocycles. The second-order valence-corrected chi connectivity index (χ2v) is 4.91. The number of nitrogen functional groups attached to an aromatic ring is 1. The summed E-state index contributed by atoms with van der Waals surface area (Å²) < 4.78 is 44.3. The van der Waals surface area contributed by atoms with Gasteiger partial charge in [0, 0.05) is 5.69 Å². The van der Waals surface area contributed by atoms with E-state index in [1.807, 2.05) is 32.0 Å². The highest BCUT2D eigenvalue weighted by Crippen LogP contribution is 2.37. The number of hydrogen-bond donors (Lipinski definition) is 1. The Bertz CT molecular complexity index is 630. The van der Waals surface area contributed by atoms with Crippen molar-refractivity contribution in [2.24, 2.45) is 0 Å². The van der Waals surface area contributed by atoms with Crippen molar-refractivity contribution in [1.82, 2.24) is 0 Å². The van der Waals surface area contributed by atoms with Crippen molar-refractivity contribution >= 4 is 5.69 Å². The van der Waals surface area contributed by atoms with Gasteiger partial charge < -0.3 is 10.5 Å². The summed E-state index contributed by atoms with van der Waals surface area (Å²) in [4.78, 5) is 0. The molecule has 21 heavy (non-hydrogen) atoms. The maximum atomic E-state index is 13.0. The minimum absolute atomic E-state index is 0.0572. The number of halogens is 3. The third-order valence-electron chi connectivity index (χ3n) is 3.33. The van der Waals surface area contributed by atoms with Gasteiger partial charge in [0.15, 0.2) is 0 Å². The lowest BCUT2D eigenvalue weighted by molar-refractivity contribution is -0.139. The Hall–Kier alpha value is -2.17. The quantitative estimate of drug-likeness (QED) is 0.847. The van der Waals surface area contributed by atoms with Crippen LogP contribution < -0.4 is 10.5 Å². The first-order valence-electron chi connectivity index (χ1n) is 6.43. The highest BCUT2D eigenvalue weighted by Gasteiger charge is 2.34. The summed E-state index contributed by atoms with van der Waals surface area (Å²) in [5, 5.41) is 0. The van der Waals surface area contributed by atoms with Crippen LogP contribution in [-0.2, 0) is 12.8 Å². The number of aryl methyl sites for hydroxylation is 2. The van der Waals surface area contributed by atoms with Crippen LogP contribution in [0.1, 0.15) is 22.3 Å². The maximum Gasteiger partial charge on any atom is 0.420 e. The zero-order chi connectivity index (χ0) is 15.6. The molecule has 0 aromatic heterocycles. The van der Waals surface area contributed by atoms with Gasteiger partial charge in [-0.3, -0.25) is 0 Å². The van der Waals surface area contributed by atoms with Crippen LogP contribution in [0.2, 0.25) is 0 Å². The Morgan fingerprint density at radius 1 is 1.05 bits per heavy atom. The molecule has 0 amide bonds. The molecule has 5 heteroatoms. The van der Waals surface area contributed by atoms with Crippen LogP contribution in [0.15, 0.2) is 36.4 Å². The predicted octanol–water partition coefficient (Wildman–Crippen LogP) is 4.48. The van der Waals surface area contributed by atoms with Gasteiger partial charge >= 0.3 is 6.18 Å². The van der Waals surface area contributed by atoms with E-state index in [0.29, 0.717) is 0 Å². The van der Waals surface area contributed by atoms with Crippen LogP contribution in [0.25, 0.3) is 0 Å². The average molecular weight is 295 g/mol. The normalized spacial score (nSPS) is 11.5. The summed E-state index contributed by atoms with van der Waals surface area (Å²) in [7, 11) is 0. The average Bonchev–Trinajstić information content (AvgIpc) is 2.38. The number of ether oxygens (including phenoxy) is 1. The number of alkyl halides is 3. The maximum absolute atomic E-state index is 13.0. The van der Waals surface area contributed by atoms with Crippen molar-refractivity contribution in [2.45, 2.75) is 26.6 Å². The molecule has 0 unspecified atom stereocenters. The van der Waals surface area contributed by atoms with Gasteiger partial charge in [-0.2, -0.15) is 13.2 Å². The first-order chi connectivity index (χ1) is 9.79. The Balaban J connectivity index is 2.29. The summed E-state index contributed by atoms with van der Waals surface area (Å²) in [6, 6.07) is 9.25. The molecule has 0 aliphatic rings. The molecule has 0 saturated carbocycles. The van der Waals surface area contributed by atoms with E-state index in [4.69, 9.17) is 10.5 Å². The lowest BCUT2D eigenvalue weighted by atomic mass is 10.0. The van der Waals surface area contributed by atoms with E-state index in [-0.39, 0.29) is 18.0 Å². The van der Waals surface area contributed by atoms with E-state index < -0.39 is 11.7 Å². The number of hydrogen-bond acceptors (Lipinski definition) is 2. The number of rotatable bonds is 3. The van der Waals surface area contributed by atoms with Crippen LogP contribution in [0, 0.1) is 13.8 Å². The fourth-order valence-electron chi connectivity index (χ4n) is 2.12. The van der Waals surface area contributed by atoms with Gasteiger partial charge in [0.1, 0.15) is 12.4 Å². The van der Waals surface area contributed by atoms with Gasteiger partial charge in [0.2, 0.25) is 0 Å². The van der Waals surface area contributed by atoms with Gasteiger partial charge in [-0.15, -0.1) is 0 Å². The molecule has 0 bridgehead atoms. The van der Waals surface area contributed by atoms with Gasteiger partial charge in [0.05, 0.1) is 5.56 Å². The zero-order valence-electron chi connectivity index (χ0n) is 11.8. The molecule has 0 fully saturated rings. The van der Waals surface area contributed by atoms with Crippen molar-refractivity contribution < 1.29 is 17.9 Å². The molecule has 0 heterocycles. The molecule has 0 aliphatic carbocycles. The summed E-state index contributed by atoms with van der Waals surface area (Å²) in [6.07, 6.45) is -4.49. The lowest BCUT2D eigenvalue weighted by Crippen LogP contribution is -2.10. The topological polar surface area (TPSA) is 35.2 Å².